The standard InChI is InChI=1S/C64H64N3P/c1-10-12-28-54-48(11-2)41(3)49(26-19-20-36-64(54)55-39-46(62(4,5)6)31-34-50(55)51-35-32-47(40-56(51)64)63(7,8)9)61-66-59(44-25-21-24-43(37-44)42-22-15-13-16-23-42)65-60(67-61)45-30-33-53-52-27-17-14-18-29-57(52)68-58(53)38-45/h12-13,15-17,19-28,30-40,68H,10-11,14,18,29H2,1-9H3/b26-19-,28-12-,36-20+,49-41-,54-48-. The van der Waals surface area contributed by atoms with Crippen LogP contribution in [-0.2, 0) is 22.7 Å². The number of hydrogen-bond acceptors (Lipinski definition) is 3. The molecule has 0 saturated heterocycles. The maximum atomic E-state index is 5.49. The molecule has 3 aliphatic rings. The second-order valence-electron chi connectivity index (χ2n) is 21.0. The molecule has 0 bridgehead atoms. The highest BCUT2D eigenvalue weighted by atomic mass is 31.0. The van der Waals surface area contributed by atoms with Gasteiger partial charge in [0.15, 0.2) is 17.5 Å². The number of allylic oxidation sites excluding steroid dienone is 11. The SMILES string of the molecule is CC\C=C/C1=C(CC)/C(C)=C(c2nc(-c3cccc(-c4ccccc4)c3)nc(-c3ccc4c5c([pH]c4c3)CCCC=C5)n2)/C=C\C=C\C12c1cc(C(C)(C)C)ccc1-c1ccc(C(C)(C)C)cc12. The monoisotopic (exact) mass is 905 g/mol. The molecule has 0 saturated carbocycles. The summed E-state index contributed by atoms with van der Waals surface area (Å²) >= 11 is 0. The fourth-order valence-corrected chi connectivity index (χ4v) is 12.3. The second kappa shape index (κ2) is 17.9. The van der Waals surface area contributed by atoms with Crippen molar-refractivity contribution in [1.29, 1.82) is 0 Å². The van der Waals surface area contributed by atoms with E-state index in [4.69, 9.17) is 15.0 Å². The summed E-state index contributed by atoms with van der Waals surface area (Å²) < 4.78 is 0. The van der Waals surface area contributed by atoms with Crippen LogP contribution in [0.3, 0.4) is 0 Å². The topological polar surface area (TPSA) is 38.7 Å². The second-order valence-corrected chi connectivity index (χ2v) is 22.4. The Labute approximate surface area is 406 Å². The normalized spacial score (nSPS) is 18.9. The summed E-state index contributed by atoms with van der Waals surface area (Å²) in [5.74, 6) is 2.03. The van der Waals surface area contributed by atoms with Crippen molar-refractivity contribution in [3.8, 4) is 45.0 Å². The van der Waals surface area contributed by atoms with E-state index in [0.717, 1.165) is 53.5 Å². The van der Waals surface area contributed by atoms with E-state index >= 15 is 0 Å². The minimum atomic E-state index is -0.550. The number of aromatic nitrogens is 3. The fraction of sp³-hybridized carbons (Fsp3) is 0.266. The lowest BCUT2D eigenvalue weighted by molar-refractivity contribution is 0.586. The molecule has 0 fully saturated rings. The third kappa shape index (κ3) is 8.13. The molecule has 0 radical (unpaired) electrons. The van der Waals surface area contributed by atoms with Crippen LogP contribution in [0, 0.1) is 0 Å². The average molecular weight is 906 g/mol. The van der Waals surface area contributed by atoms with Gasteiger partial charge in [0.25, 0.3) is 0 Å². The van der Waals surface area contributed by atoms with Crippen LogP contribution in [0.25, 0.3) is 67.2 Å². The highest BCUT2D eigenvalue weighted by molar-refractivity contribution is 7.38. The zero-order valence-corrected chi connectivity index (χ0v) is 42.4. The summed E-state index contributed by atoms with van der Waals surface area (Å²) in [5, 5.41) is 4.31. The Bertz CT molecular complexity index is 3230. The van der Waals surface area contributed by atoms with Crippen molar-refractivity contribution in [3.05, 3.63) is 207 Å². The molecule has 0 aliphatic heterocycles. The van der Waals surface area contributed by atoms with Crippen molar-refractivity contribution >= 4 is 30.3 Å². The Morgan fingerprint density at radius 3 is 1.96 bits per heavy atom. The van der Waals surface area contributed by atoms with Gasteiger partial charge in [-0.2, -0.15) is 0 Å². The molecular formula is C64H64N3P. The molecule has 1 atom stereocenters. The Morgan fingerprint density at radius 2 is 1.29 bits per heavy atom. The van der Waals surface area contributed by atoms with E-state index in [1.807, 2.05) is 0 Å². The lowest BCUT2D eigenvalue weighted by Crippen LogP contribution is -2.28. The number of fused-ring (bicyclic) bond motifs is 8. The van der Waals surface area contributed by atoms with Crippen LogP contribution in [0.1, 0.15) is 127 Å². The molecule has 1 spiro atoms. The third-order valence-electron chi connectivity index (χ3n) is 14.5. The van der Waals surface area contributed by atoms with E-state index in [-0.39, 0.29) is 10.8 Å². The van der Waals surface area contributed by atoms with Gasteiger partial charge in [0.05, 0.1) is 5.41 Å². The summed E-state index contributed by atoms with van der Waals surface area (Å²) in [6.45, 7) is 20.8. The van der Waals surface area contributed by atoms with Gasteiger partial charge in [0.1, 0.15) is 0 Å². The Balaban J connectivity index is 1.24. The van der Waals surface area contributed by atoms with Crippen molar-refractivity contribution in [2.75, 3.05) is 0 Å². The average Bonchev–Trinajstić information content (AvgIpc) is 3.73. The van der Waals surface area contributed by atoms with E-state index < -0.39 is 5.41 Å². The molecule has 0 N–H and O–H groups in total. The van der Waals surface area contributed by atoms with Gasteiger partial charge in [-0.3, -0.25) is 0 Å². The van der Waals surface area contributed by atoms with Crippen LogP contribution in [0.5, 0.6) is 0 Å². The number of benzene rings is 5. The lowest BCUT2D eigenvalue weighted by Gasteiger charge is -2.35. The first-order valence-corrected chi connectivity index (χ1v) is 25.8. The summed E-state index contributed by atoms with van der Waals surface area (Å²) in [6, 6.07) is 40.6. The molecule has 2 heterocycles. The van der Waals surface area contributed by atoms with Gasteiger partial charge in [0.2, 0.25) is 0 Å². The summed E-state index contributed by atoms with van der Waals surface area (Å²) in [4.78, 5) is 16.3. The van der Waals surface area contributed by atoms with E-state index in [1.54, 1.807) is 5.30 Å². The van der Waals surface area contributed by atoms with E-state index in [1.165, 1.54) is 72.6 Å². The quantitative estimate of drug-likeness (QED) is 0.160. The van der Waals surface area contributed by atoms with Crippen molar-refractivity contribution in [2.24, 2.45) is 0 Å². The summed E-state index contributed by atoms with van der Waals surface area (Å²) in [7, 11) is 0.668. The van der Waals surface area contributed by atoms with Gasteiger partial charge in [-0.1, -0.05) is 201 Å². The highest BCUT2D eigenvalue weighted by Crippen LogP contribution is 2.57. The third-order valence-corrected chi connectivity index (χ3v) is 16.0. The van der Waals surface area contributed by atoms with E-state index in [9.17, 15) is 0 Å². The summed E-state index contributed by atoms with van der Waals surface area (Å²) in [5.41, 5.74) is 17.9. The van der Waals surface area contributed by atoms with Gasteiger partial charge >= 0.3 is 0 Å². The lowest BCUT2D eigenvalue weighted by atomic mass is 9.67. The molecule has 1 unspecified atom stereocenters. The minimum Gasteiger partial charge on any atom is -0.208 e. The van der Waals surface area contributed by atoms with Crippen LogP contribution in [0.2, 0.25) is 0 Å². The summed E-state index contributed by atoms with van der Waals surface area (Å²) in [6.07, 6.45) is 24.0. The first-order chi connectivity index (χ1) is 32.8. The number of nitrogens with zero attached hydrogens (tertiary/aromatic N) is 3. The minimum absolute atomic E-state index is 0.0241. The van der Waals surface area contributed by atoms with Crippen molar-refractivity contribution in [1.82, 2.24) is 15.0 Å². The first kappa shape index (κ1) is 45.4. The zero-order chi connectivity index (χ0) is 47.4. The molecule has 340 valence electrons. The number of rotatable bonds is 7. The Hall–Kier alpha value is -6.41. The smallest absolute Gasteiger partial charge is 0.164 e. The van der Waals surface area contributed by atoms with E-state index in [0.29, 0.717) is 25.7 Å². The van der Waals surface area contributed by atoms with Crippen LogP contribution in [0.4, 0.5) is 0 Å². The predicted octanol–water partition coefficient (Wildman–Crippen LogP) is 17.5. The predicted molar refractivity (Wildman–Crippen MR) is 293 cm³/mol. The Kier molecular flexibility index (Phi) is 12.0. The maximum Gasteiger partial charge on any atom is 0.164 e. The van der Waals surface area contributed by atoms with Crippen LogP contribution < -0.4 is 0 Å². The number of aryl methyl sites for hydroxylation is 1. The molecule has 68 heavy (non-hydrogen) atoms. The van der Waals surface area contributed by atoms with Gasteiger partial charge < -0.3 is 0 Å². The van der Waals surface area contributed by atoms with Crippen molar-refractivity contribution < 1.29 is 0 Å². The van der Waals surface area contributed by atoms with Crippen LogP contribution >= 0.6 is 8.19 Å². The van der Waals surface area contributed by atoms with E-state index in [2.05, 4.69) is 220 Å². The molecule has 10 rings (SSSR count). The molecule has 0 amide bonds. The Morgan fingerprint density at radius 1 is 0.647 bits per heavy atom. The van der Waals surface area contributed by atoms with Crippen molar-refractivity contribution in [3.63, 3.8) is 0 Å². The molecule has 4 heteroatoms. The molecule has 5 aromatic carbocycles. The van der Waals surface area contributed by atoms with Gasteiger partial charge in [-0.25, -0.2) is 15.0 Å². The van der Waals surface area contributed by atoms with Crippen molar-refractivity contribution in [2.45, 2.75) is 111 Å². The fourth-order valence-electron chi connectivity index (χ4n) is 10.7. The zero-order valence-electron chi connectivity index (χ0n) is 41.4. The maximum absolute atomic E-state index is 5.49. The molecule has 3 nitrogen and oxygen atoms in total. The largest absolute Gasteiger partial charge is 0.208 e. The van der Waals surface area contributed by atoms with Crippen LogP contribution in [0.15, 0.2) is 168 Å². The number of hydrogen-bond donors (Lipinski definition) is 0. The first-order valence-electron chi connectivity index (χ1n) is 24.8. The van der Waals surface area contributed by atoms with Gasteiger partial charge in [0, 0.05) is 16.7 Å². The van der Waals surface area contributed by atoms with Gasteiger partial charge in [-0.05, 0) is 145 Å². The molecule has 7 aromatic rings. The molecule has 2 aromatic heterocycles. The van der Waals surface area contributed by atoms with Gasteiger partial charge in [-0.15, -0.1) is 8.19 Å². The van der Waals surface area contributed by atoms with Crippen LogP contribution in [-0.4, -0.2) is 15.0 Å². The molecule has 3 aliphatic carbocycles. The molecular weight excluding hydrogens is 842 g/mol. The highest BCUT2D eigenvalue weighted by Gasteiger charge is 2.46.